The first kappa shape index (κ1) is 12.7. The predicted octanol–water partition coefficient (Wildman–Crippen LogP) is 3.48. The first-order valence-corrected chi connectivity index (χ1v) is 6.04. The highest BCUT2D eigenvalue weighted by atomic mass is 35.5. The summed E-state index contributed by atoms with van der Waals surface area (Å²) >= 11 is 5.88. The van der Waals surface area contributed by atoms with Crippen LogP contribution in [0.25, 0.3) is 0 Å². The van der Waals surface area contributed by atoms with Gasteiger partial charge in [-0.15, -0.1) is 0 Å². The molecule has 0 fully saturated rings. The Kier molecular flexibility index (Phi) is 3.72. The Labute approximate surface area is 111 Å². The third kappa shape index (κ3) is 2.93. The number of rotatable bonds is 3. The molecular weight excluding hydrogens is 250 g/mol. The van der Waals surface area contributed by atoms with Gasteiger partial charge in [0.05, 0.1) is 5.56 Å². The highest BCUT2D eigenvalue weighted by Gasteiger charge is 2.12. The molecule has 18 heavy (non-hydrogen) atoms. The Morgan fingerprint density at radius 3 is 2.72 bits per heavy atom. The Balaban J connectivity index is 2.03. The summed E-state index contributed by atoms with van der Waals surface area (Å²) in [6.07, 6.45) is 0. The summed E-state index contributed by atoms with van der Waals surface area (Å²) < 4.78 is 5.32. The summed E-state index contributed by atoms with van der Waals surface area (Å²) in [6, 6.07) is 9.14. The highest BCUT2D eigenvalue weighted by Crippen LogP contribution is 2.14. The topological polar surface area (TPSA) is 42.2 Å². The van der Waals surface area contributed by atoms with Gasteiger partial charge < -0.3 is 9.73 Å². The van der Waals surface area contributed by atoms with Gasteiger partial charge in [-0.05, 0) is 37.6 Å². The molecule has 1 heterocycles. The average molecular weight is 264 g/mol. The van der Waals surface area contributed by atoms with Crippen LogP contribution in [0.1, 0.15) is 27.4 Å². The second-order valence-electron chi connectivity index (χ2n) is 4.14. The molecule has 0 unspecified atom stereocenters. The number of amides is 1. The van der Waals surface area contributed by atoms with Crippen LogP contribution in [0.15, 0.2) is 34.7 Å². The van der Waals surface area contributed by atoms with Gasteiger partial charge in [0.15, 0.2) is 0 Å². The van der Waals surface area contributed by atoms with Crippen molar-refractivity contribution in [3.05, 3.63) is 58.0 Å². The Hall–Kier alpha value is -1.74. The monoisotopic (exact) mass is 263 g/mol. The molecule has 0 bridgehead atoms. The van der Waals surface area contributed by atoms with Crippen molar-refractivity contribution in [2.75, 3.05) is 0 Å². The van der Waals surface area contributed by atoms with E-state index >= 15 is 0 Å². The van der Waals surface area contributed by atoms with E-state index in [0.29, 0.717) is 22.9 Å². The van der Waals surface area contributed by atoms with E-state index in [-0.39, 0.29) is 5.91 Å². The van der Waals surface area contributed by atoms with Gasteiger partial charge in [0.1, 0.15) is 11.5 Å². The van der Waals surface area contributed by atoms with E-state index in [1.807, 2.05) is 25.1 Å². The number of aryl methyl sites for hydroxylation is 2. The standard InChI is InChI=1S/C14H14ClNO2/c1-9-6-13(10(2)18-9)14(17)16-8-11-4-3-5-12(15)7-11/h3-7H,8H2,1-2H3,(H,16,17). The number of hydrogen-bond donors (Lipinski definition) is 1. The first-order chi connectivity index (χ1) is 8.56. The summed E-state index contributed by atoms with van der Waals surface area (Å²) in [5.41, 5.74) is 1.54. The van der Waals surface area contributed by atoms with E-state index in [9.17, 15) is 4.79 Å². The molecule has 2 aromatic rings. The van der Waals surface area contributed by atoms with E-state index in [4.69, 9.17) is 16.0 Å². The molecule has 0 aliphatic carbocycles. The van der Waals surface area contributed by atoms with E-state index < -0.39 is 0 Å². The molecule has 0 radical (unpaired) electrons. The summed E-state index contributed by atoms with van der Waals surface area (Å²) in [5, 5.41) is 3.50. The number of carbonyl (C=O) groups excluding carboxylic acids is 1. The van der Waals surface area contributed by atoms with Gasteiger partial charge in [0, 0.05) is 11.6 Å². The molecule has 0 saturated carbocycles. The quantitative estimate of drug-likeness (QED) is 0.921. The van der Waals surface area contributed by atoms with Crippen LogP contribution in [-0.2, 0) is 6.54 Å². The lowest BCUT2D eigenvalue weighted by Gasteiger charge is -2.04. The fourth-order valence-electron chi connectivity index (χ4n) is 1.78. The maximum atomic E-state index is 11.9. The summed E-state index contributed by atoms with van der Waals surface area (Å²) in [5.74, 6) is 1.24. The third-order valence-corrected chi connectivity index (χ3v) is 2.86. The van der Waals surface area contributed by atoms with Crippen LogP contribution in [-0.4, -0.2) is 5.91 Å². The summed E-state index contributed by atoms with van der Waals surface area (Å²) in [4.78, 5) is 11.9. The van der Waals surface area contributed by atoms with Crippen LogP contribution in [0.4, 0.5) is 0 Å². The summed E-state index contributed by atoms with van der Waals surface area (Å²) in [7, 11) is 0. The normalized spacial score (nSPS) is 10.4. The van der Waals surface area contributed by atoms with Crippen LogP contribution in [0, 0.1) is 13.8 Å². The maximum absolute atomic E-state index is 11.9. The van der Waals surface area contributed by atoms with Crippen LogP contribution < -0.4 is 5.32 Å². The molecule has 0 saturated heterocycles. The van der Waals surface area contributed by atoms with Gasteiger partial charge in [-0.25, -0.2) is 0 Å². The van der Waals surface area contributed by atoms with E-state index in [2.05, 4.69) is 5.32 Å². The van der Waals surface area contributed by atoms with E-state index in [1.54, 1.807) is 19.1 Å². The molecule has 94 valence electrons. The van der Waals surface area contributed by atoms with Crippen molar-refractivity contribution in [2.45, 2.75) is 20.4 Å². The maximum Gasteiger partial charge on any atom is 0.255 e. The van der Waals surface area contributed by atoms with Gasteiger partial charge in [0.2, 0.25) is 0 Å². The molecule has 2 rings (SSSR count). The second-order valence-corrected chi connectivity index (χ2v) is 4.58. The van der Waals surface area contributed by atoms with Crippen LogP contribution in [0.5, 0.6) is 0 Å². The fraction of sp³-hybridized carbons (Fsp3) is 0.214. The van der Waals surface area contributed by atoms with Crippen molar-refractivity contribution in [3.63, 3.8) is 0 Å². The Bertz CT molecular complexity index is 575. The molecular formula is C14H14ClNO2. The van der Waals surface area contributed by atoms with Crippen LogP contribution in [0.3, 0.4) is 0 Å². The SMILES string of the molecule is Cc1cc(C(=O)NCc2cccc(Cl)c2)c(C)o1. The van der Waals surface area contributed by atoms with Gasteiger partial charge in [-0.3, -0.25) is 4.79 Å². The molecule has 1 aromatic heterocycles. The lowest BCUT2D eigenvalue weighted by Crippen LogP contribution is -2.22. The van der Waals surface area contributed by atoms with Gasteiger partial charge in [-0.2, -0.15) is 0 Å². The Morgan fingerprint density at radius 2 is 2.11 bits per heavy atom. The number of carbonyl (C=O) groups is 1. The lowest BCUT2D eigenvalue weighted by atomic mass is 10.2. The molecule has 1 amide bonds. The van der Waals surface area contributed by atoms with Crippen LogP contribution in [0.2, 0.25) is 5.02 Å². The number of hydrogen-bond acceptors (Lipinski definition) is 2. The lowest BCUT2D eigenvalue weighted by molar-refractivity contribution is 0.0949. The zero-order chi connectivity index (χ0) is 13.1. The molecule has 0 aliphatic heterocycles. The van der Waals surface area contributed by atoms with Crippen molar-refractivity contribution < 1.29 is 9.21 Å². The van der Waals surface area contributed by atoms with Crippen molar-refractivity contribution in [1.82, 2.24) is 5.32 Å². The van der Waals surface area contributed by atoms with Crippen molar-refractivity contribution in [2.24, 2.45) is 0 Å². The average Bonchev–Trinajstić information content (AvgIpc) is 2.66. The van der Waals surface area contributed by atoms with Gasteiger partial charge in [0.25, 0.3) is 5.91 Å². The molecule has 1 aromatic carbocycles. The minimum atomic E-state index is -0.135. The van der Waals surface area contributed by atoms with Crippen molar-refractivity contribution in [1.29, 1.82) is 0 Å². The van der Waals surface area contributed by atoms with Crippen molar-refractivity contribution >= 4 is 17.5 Å². The number of halogens is 1. The third-order valence-electron chi connectivity index (χ3n) is 2.63. The molecule has 0 spiro atoms. The van der Waals surface area contributed by atoms with Gasteiger partial charge in [-0.1, -0.05) is 23.7 Å². The van der Waals surface area contributed by atoms with Crippen molar-refractivity contribution in [3.8, 4) is 0 Å². The molecule has 3 nitrogen and oxygen atoms in total. The minimum absolute atomic E-state index is 0.135. The zero-order valence-electron chi connectivity index (χ0n) is 10.3. The molecule has 0 atom stereocenters. The Morgan fingerprint density at radius 1 is 1.33 bits per heavy atom. The smallest absolute Gasteiger partial charge is 0.255 e. The predicted molar refractivity (Wildman–Crippen MR) is 70.8 cm³/mol. The van der Waals surface area contributed by atoms with E-state index in [0.717, 1.165) is 11.3 Å². The molecule has 1 N–H and O–H groups in total. The summed E-state index contributed by atoms with van der Waals surface area (Å²) in [6.45, 7) is 4.05. The fourth-order valence-corrected chi connectivity index (χ4v) is 1.99. The number of furan rings is 1. The highest BCUT2D eigenvalue weighted by molar-refractivity contribution is 6.30. The molecule has 0 aliphatic rings. The minimum Gasteiger partial charge on any atom is -0.466 e. The second kappa shape index (κ2) is 5.27. The van der Waals surface area contributed by atoms with Gasteiger partial charge >= 0.3 is 0 Å². The van der Waals surface area contributed by atoms with Crippen LogP contribution >= 0.6 is 11.6 Å². The number of nitrogens with one attached hydrogen (secondary N) is 1. The van der Waals surface area contributed by atoms with E-state index in [1.165, 1.54) is 0 Å². The first-order valence-electron chi connectivity index (χ1n) is 5.66. The molecule has 4 heteroatoms. The number of benzene rings is 1. The largest absolute Gasteiger partial charge is 0.466 e. The zero-order valence-corrected chi connectivity index (χ0v) is 11.0.